The molecule has 1 N–H and O–H groups in total. The molecule has 1 aliphatic rings. The van der Waals surface area contributed by atoms with Crippen molar-refractivity contribution in [1.29, 1.82) is 0 Å². The van der Waals surface area contributed by atoms with E-state index in [1.807, 2.05) is 18.2 Å². The number of hydrogen-bond donors (Lipinski definition) is 1. The first-order chi connectivity index (χ1) is 9.81. The van der Waals surface area contributed by atoms with Crippen molar-refractivity contribution < 1.29 is 14.3 Å². The average Bonchev–Trinajstić information content (AvgIpc) is 2.43. The minimum atomic E-state index is -1.51. The summed E-state index contributed by atoms with van der Waals surface area (Å²) in [4.78, 5) is 13.1. The topological polar surface area (TPSA) is 40.5 Å². The van der Waals surface area contributed by atoms with E-state index in [2.05, 4.69) is 25.7 Å². The number of aliphatic carboxylic acids is 1. The van der Waals surface area contributed by atoms with Gasteiger partial charge < -0.3 is 10.0 Å². The first kappa shape index (κ1) is 15.5. The number of fused-ring (bicyclic) bond motifs is 1. The van der Waals surface area contributed by atoms with Gasteiger partial charge >= 0.3 is 5.97 Å². The Morgan fingerprint density at radius 2 is 2.10 bits per heavy atom. The maximum absolute atomic E-state index is 13.6. The van der Waals surface area contributed by atoms with Crippen molar-refractivity contribution in [1.82, 2.24) is 0 Å². The largest absolute Gasteiger partial charge is 0.476 e. The van der Waals surface area contributed by atoms with E-state index >= 15 is 0 Å². The van der Waals surface area contributed by atoms with Gasteiger partial charge in [-0.25, -0.2) is 4.79 Å². The van der Waals surface area contributed by atoms with E-state index in [-0.39, 0.29) is 5.57 Å². The molecule has 1 aromatic carbocycles. The Hall–Kier alpha value is -1.84. The first-order valence-corrected chi connectivity index (χ1v) is 7.30. The molecule has 1 unspecified atom stereocenters. The van der Waals surface area contributed by atoms with Crippen molar-refractivity contribution in [3.63, 3.8) is 0 Å². The summed E-state index contributed by atoms with van der Waals surface area (Å²) in [7, 11) is 0. The Kier molecular flexibility index (Phi) is 4.35. The second-order valence-electron chi connectivity index (χ2n) is 6.14. The van der Waals surface area contributed by atoms with E-state index in [1.54, 1.807) is 0 Å². The molecule has 1 aliphatic heterocycles. The molecule has 0 radical (unpaired) electrons. The van der Waals surface area contributed by atoms with Gasteiger partial charge in [0.2, 0.25) is 5.83 Å². The summed E-state index contributed by atoms with van der Waals surface area (Å²) in [5, 5.41) is 8.77. The van der Waals surface area contributed by atoms with Gasteiger partial charge in [-0.05, 0) is 61.9 Å². The molecule has 0 aromatic heterocycles. The summed E-state index contributed by atoms with van der Waals surface area (Å²) in [5.41, 5.74) is 3.17. The van der Waals surface area contributed by atoms with Crippen LogP contribution in [0.25, 0.3) is 5.57 Å². The van der Waals surface area contributed by atoms with Gasteiger partial charge in [-0.3, -0.25) is 0 Å². The minimum Gasteiger partial charge on any atom is -0.476 e. The summed E-state index contributed by atoms with van der Waals surface area (Å²) >= 11 is 0. The Bertz CT molecular complexity index is 592. The van der Waals surface area contributed by atoms with Gasteiger partial charge in [0.1, 0.15) is 0 Å². The third-order valence-electron chi connectivity index (χ3n) is 4.04. The van der Waals surface area contributed by atoms with Crippen LogP contribution in [0.5, 0.6) is 0 Å². The molecule has 0 saturated carbocycles. The first-order valence-electron chi connectivity index (χ1n) is 7.30. The van der Waals surface area contributed by atoms with Crippen molar-refractivity contribution in [2.24, 2.45) is 5.92 Å². The van der Waals surface area contributed by atoms with Crippen LogP contribution in [0.1, 0.15) is 38.8 Å². The normalized spacial score (nSPS) is 19.3. The lowest BCUT2D eigenvalue weighted by Crippen LogP contribution is -2.39. The summed E-state index contributed by atoms with van der Waals surface area (Å²) in [6.45, 7) is 9.04. The molecule has 1 aromatic rings. The highest BCUT2D eigenvalue weighted by Gasteiger charge is 2.24. The molecule has 0 bridgehead atoms. The second-order valence-corrected chi connectivity index (χ2v) is 6.14. The van der Waals surface area contributed by atoms with E-state index in [4.69, 9.17) is 5.11 Å². The highest BCUT2D eigenvalue weighted by Crippen LogP contribution is 2.34. The minimum absolute atomic E-state index is 0.180. The van der Waals surface area contributed by atoms with Crippen LogP contribution in [0.3, 0.4) is 0 Å². The lowest BCUT2D eigenvalue weighted by Gasteiger charge is -2.38. The van der Waals surface area contributed by atoms with E-state index in [9.17, 15) is 9.18 Å². The van der Waals surface area contributed by atoms with E-state index in [1.165, 1.54) is 12.6 Å². The zero-order chi connectivity index (χ0) is 15.7. The molecule has 4 heteroatoms. The van der Waals surface area contributed by atoms with Crippen molar-refractivity contribution in [3.05, 3.63) is 35.2 Å². The number of halogens is 1. The summed E-state index contributed by atoms with van der Waals surface area (Å²) in [6.07, 6.45) is 0.939. The van der Waals surface area contributed by atoms with Gasteiger partial charge in [-0.1, -0.05) is 13.0 Å². The molecule has 0 amide bonds. The zero-order valence-electron chi connectivity index (χ0n) is 13.0. The Labute approximate surface area is 125 Å². The lowest BCUT2D eigenvalue weighted by molar-refractivity contribution is -0.134. The number of carbonyl (C=O) groups is 1. The van der Waals surface area contributed by atoms with Crippen LogP contribution >= 0.6 is 0 Å². The number of rotatable bonds is 3. The van der Waals surface area contributed by atoms with E-state index in [0.29, 0.717) is 17.5 Å². The van der Waals surface area contributed by atoms with Crippen LogP contribution in [-0.2, 0) is 11.2 Å². The van der Waals surface area contributed by atoms with Gasteiger partial charge in [0, 0.05) is 18.3 Å². The van der Waals surface area contributed by atoms with E-state index < -0.39 is 11.8 Å². The Balaban J connectivity index is 2.46. The van der Waals surface area contributed by atoms with Crippen LogP contribution in [0, 0.1) is 5.92 Å². The summed E-state index contributed by atoms with van der Waals surface area (Å²) in [5.74, 6) is -2.06. The standard InChI is InChI=1S/C17H22FNO2/c1-10(2)19-9-11(3)7-14-8-13(5-6-15(14)19)12(4)16(18)17(20)21/h5-6,8,10-11H,7,9H2,1-4H3,(H,20,21)/b16-12+. The van der Waals surface area contributed by atoms with Crippen LogP contribution < -0.4 is 4.90 Å². The molecule has 0 fully saturated rings. The molecular weight excluding hydrogens is 269 g/mol. The highest BCUT2D eigenvalue weighted by molar-refractivity contribution is 5.93. The van der Waals surface area contributed by atoms with Gasteiger partial charge in [0.25, 0.3) is 0 Å². The van der Waals surface area contributed by atoms with Crippen molar-refractivity contribution >= 4 is 17.2 Å². The third kappa shape index (κ3) is 3.09. The molecule has 1 atom stereocenters. The molecule has 0 aliphatic carbocycles. The average molecular weight is 291 g/mol. The maximum Gasteiger partial charge on any atom is 0.365 e. The number of carboxylic acids is 1. The number of carboxylic acid groups (broad SMARTS) is 1. The van der Waals surface area contributed by atoms with Gasteiger partial charge in [0.15, 0.2) is 0 Å². The predicted octanol–water partition coefficient (Wildman–Crippen LogP) is 3.88. The predicted molar refractivity (Wildman–Crippen MR) is 83.1 cm³/mol. The van der Waals surface area contributed by atoms with E-state index in [0.717, 1.165) is 18.5 Å². The Morgan fingerprint density at radius 1 is 1.43 bits per heavy atom. The molecule has 0 saturated heterocycles. The fraction of sp³-hybridized carbons (Fsp3) is 0.471. The lowest BCUT2D eigenvalue weighted by atomic mass is 9.90. The second kappa shape index (κ2) is 5.88. The SMILES string of the molecule is C/C(=C(\F)C(=O)O)c1ccc2c(c1)CC(C)CN2C(C)C. The number of hydrogen-bond acceptors (Lipinski definition) is 2. The van der Waals surface area contributed by atoms with Crippen LogP contribution in [0.2, 0.25) is 0 Å². The number of nitrogens with zero attached hydrogens (tertiary/aromatic N) is 1. The smallest absolute Gasteiger partial charge is 0.365 e. The Morgan fingerprint density at radius 3 is 2.67 bits per heavy atom. The zero-order valence-corrected chi connectivity index (χ0v) is 13.0. The number of benzene rings is 1. The number of anilines is 1. The summed E-state index contributed by atoms with van der Waals surface area (Å²) in [6, 6.07) is 6.12. The monoisotopic (exact) mass is 291 g/mol. The molecule has 3 nitrogen and oxygen atoms in total. The van der Waals surface area contributed by atoms with Gasteiger partial charge in [-0.2, -0.15) is 4.39 Å². The molecule has 114 valence electrons. The fourth-order valence-corrected chi connectivity index (χ4v) is 2.91. The van der Waals surface area contributed by atoms with Crippen LogP contribution in [0.15, 0.2) is 24.0 Å². The maximum atomic E-state index is 13.6. The van der Waals surface area contributed by atoms with Crippen molar-refractivity contribution in [3.8, 4) is 0 Å². The number of allylic oxidation sites excluding steroid dienone is 1. The molecule has 2 rings (SSSR count). The fourth-order valence-electron chi connectivity index (χ4n) is 2.91. The molecule has 1 heterocycles. The van der Waals surface area contributed by atoms with Crippen LogP contribution in [-0.4, -0.2) is 23.7 Å². The van der Waals surface area contributed by atoms with Crippen molar-refractivity contribution in [2.75, 3.05) is 11.4 Å². The molecular formula is C17H22FNO2. The van der Waals surface area contributed by atoms with Crippen LogP contribution in [0.4, 0.5) is 10.1 Å². The highest BCUT2D eigenvalue weighted by atomic mass is 19.1. The van der Waals surface area contributed by atoms with Gasteiger partial charge in [-0.15, -0.1) is 0 Å². The molecule has 0 spiro atoms. The van der Waals surface area contributed by atoms with Gasteiger partial charge in [0.05, 0.1) is 0 Å². The quantitative estimate of drug-likeness (QED) is 0.859. The third-order valence-corrected chi connectivity index (χ3v) is 4.04. The summed E-state index contributed by atoms with van der Waals surface area (Å²) < 4.78 is 13.6. The van der Waals surface area contributed by atoms with Crippen molar-refractivity contribution in [2.45, 2.75) is 40.2 Å². The molecule has 21 heavy (non-hydrogen) atoms.